The molecule has 1 aromatic rings. The molecule has 2 aliphatic carbocycles. The summed E-state index contributed by atoms with van der Waals surface area (Å²) in [6.45, 7) is 3.85. The first-order valence-corrected chi connectivity index (χ1v) is 9.46. The van der Waals surface area contributed by atoms with Crippen molar-refractivity contribution >= 4 is 5.78 Å². The Morgan fingerprint density at radius 3 is 2.00 bits per heavy atom. The van der Waals surface area contributed by atoms with Gasteiger partial charge in [0.1, 0.15) is 0 Å². The summed E-state index contributed by atoms with van der Waals surface area (Å²) >= 11 is 0. The summed E-state index contributed by atoms with van der Waals surface area (Å²) in [6.07, 6.45) is 9.07. The quantitative estimate of drug-likeness (QED) is 0.611. The third-order valence-electron chi connectivity index (χ3n) is 6.41. The smallest absolute Gasteiger partial charge is 0.169 e. The molecule has 2 fully saturated rings. The van der Waals surface area contributed by atoms with Crippen LogP contribution in [0, 0.1) is 42.2 Å². The van der Waals surface area contributed by atoms with E-state index >= 15 is 0 Å². The monoisotopic (exact) mass is 334 g/mol. The Morgan fingerprint density at radius 1 is 0.875 bits per heavy atom. The first kappa shape index (κ1) is 17.6. The number of halogens is 2. The molecule has 1 nitrogen and oxygen atoms in total. The topological polar surface area (TPSA) is 17.1 Å². The fraction of sp³-hybridized carbons (Fsp3) is 0.667. The van der Waals surface area contributed by atoms with Crippen molar-refractivity contribution < 1.29 is 13.6 Å². The van der Waals surface area contributed by atoms with Crippen LogP contribution in [0.25, 0.3) is 0 Å². The molecule has 0 heterocycles. The van der Waals surface area contributed by atoms with Crippen molar-refractivity contribution in [3.63, 3.8) is 0 Å². The summed E-state index contributed by atoms with van der Waals surface area (Å²) < 4.78 is 27.8. The molecule has 0 aromatic heterocycles. The van der Waals surface area contributed by atoms with Crippen LogP contribution >= 0.6 is 0 Å². The van der Waals surface area contributed by atoms with Gasteiger partial charge in [0.15, 0.2) is 17.4 Å². The molecule has 3 rings (SSSR count). The fourth-order valence-corrected chi connectivity index (χ4v) is 4.67. The maximum atomic E-state index is 14.1. The Kier molecular flexibility index (Phi) is 5.36. The van der Waals surface area contributed by atoms with Gasteiger partial charge in [-0.15, -0.1) is 0 Å². The molecule has 0 unspecified atom stereocenters. The van der Waals surface area contributed by atoms with E-state index in [-0.39, 0.29) is 22.8 Å². The second-order valence-electron chi connectivity index (χ2n) is 8.05. The van der Waals surface area contributed by atoms with Gasteiger partial charge in [-0.1, -0.05) is 25.8 Å². The first-order valence-electron chi connectivity index (χ1n) is 9.46. The molecule has 0 bridgehead atoms. The highest BCUT2D eigenvalue weighted by molar-refractivity contribution is 5.98. The van der Waals surface area contributed by atoms with Crippen LogP contribution < -0.4 is 0 Å². The van der Waals surface area contributed by atoms with Crippen LogP contribution in [0.4, 0.5) is 8.78 Å². The number of benzene rings is 1. The van der Waals surface area contributed by atoms with Crippen molar-refractivity contribution in [2.75, 3.05) is 0 Å². The molecule has 0 aliphatic heterocycles. The molecule has 0 saturated heterocycles. The molecule has 0 amide bonds. The van der Waals surface area contributed by atoms with Gasteiger partial charge in [0, 0.05) is 5.92 Å². The van der Waals surface area contributed by atoms with E-state index in [1.165, 1.54) is 44.7 Å². The fourth-order valence-electron chi connectivity index (χ4n) is 4.67. The predicted octanol–water partition coefficient (Wildman–Crippen LogP) is 6.09. The van der Waals surface area contributed by atoms with Gasteiger partial charge in [-0.3, -0.25) is 4.79 Å². The maximum absolute atomic E-state index is 14.1. The Bertz CT molecular complexity index is 594. The van der Waals surface area contributed by atoms with Gasteiger partial charge in [0.25, 0.3) is 0 Å². The van der Waals surface area contributed by atoms with Crippen LogP contribution in [-0.4, -0.2) is 5.78 Å². The molecule has 2 aliphatic rings. The molecule has 0 atom stereocenters. The summed E-state index contributed by atoms with van der Waals surface area (Å²) in [6, 6.07) is 2.95. The highest BCUT2D eigenvalue weighted by atomic mass is 19.2. The van der Waals surface area contributed by atoms with Crippen molar-refractivity contribution in [2.45, 2.75) is 65.2 Å². The van der Waals surface area contributed by atoms with E-state index in [9.17, 15) is 13.6 Å². The lowest BCUT2D eigenvalue weighted by molar-refractivity contribution is 0.0827. The van der Waals surface area contributed by atoms with E-state index in [0.29, 0.717) is 0 Å². The third kappa shape index (κ3) is 3.55. The number of hydrogen-bond donors (Lipinski definition) is 0. The SMILES string of the molecule is Cc1ccc(C(=O)C2CCC(C3CCC(C)CC3)CC2)c(F)c1F. The minimum atomic E-state index is -0.969. The Balaban J connectivity index is 1.60. The minimum Gasteiger partial charge on any atom is -0.294 e. The molecule has 0 radical (unpaired) electrons. The van der Waals surface area contributed by atoms with Crippen molar-refractivity contribution in [1.29, 1.82) is 0 Å². The standard InChI is InChI=1S/C21H28F2O/c1-13-3-6-15(7-4-13)16-8-10-17(11-9-16)21(24)18-12-5-14(2)19(22)20(18)23/h5,12-13,15-17H,3-4,6-11H2,1-2H3. The summed E-state index contributed by atoms with van der Waals surface area (Å²) in [4.78, 5) is 12.6. The van der Waals surface area contributed by atoms with Crippen LogP contribution in [-0.2, 0) is 0 Å². The number of ketones is 1. The number of Topliss-reactive ketones (excluding diaryl/α,β-unsaturated/α-hetero) is 1. The number of aryl methyl sites for hydroxylation is 1. The Labute approximate surface area is 143 Å². The zero-order valence-electron chi connectivity index (χ0n) is 14.8. The van der Waals surface area contributed by atoms with Gasteiger partial charge in [-0.05, 0) is 74.8 Å². The second kappa shape index (κ2) is 7.33. The van der Waals surface area contributed by atoms with Crippen molar-refractivity contribution in [3.8, 4) is 0 Å². The predicted molar refractivity (Wildman–Crippen MR) is 92.0 cm³/mol. The maximum Gasteiger partial charge on any atom is 0.169 e. The number of rotatable bonds is 3. The van der Waals surface area contributed by atoms with Gasteiger partial charge < -0.3 is 0 Å². The van der Waals surface area contributed by atoms with E-state index in [2.05, 4.69) is 6.92 Å². The molecular weight excluding hydrogens is 306 g/mol. The van der Waals surface area contributed by atoms with Gasteiger partial charge in [0.05, 0.1) is 5.56 Å². The molecule has 24 heavy (non-hydrogen) atoms. The summed E-state index contributed by atoms with van der Waals surface area (Å²) in [7, 11) is 0. The second-order valence-corrected chi connectivity index (χ2v) is 8.05. The summed E-state index contributed by atoms with van der Waals surface area (Å²) in [5.74, 6) is 0.197. The minimum absolute atomic E-state index is 0.0620. The molecule has 0 spiro atoms. The molecule has 132 valence electrons. The van der Waals surface area contributed by atoms with Crippen LogP contribution in [0.5, 0.6) is 0 Å². The van der Waals surface area contributed by atoms with E-state index in [4.69, 9.17) is 0 Å². The van der Waals surface area contributed by atoms with Gasteiger partial charge in [-0.25, -0.2) is 8.78 Å². The molecule has 2 saturated carbocycles. The number of hydrogen-bond acceptors (Lipinski definition) is 1. The average molecular weight is 334 g/mol. The number of carbonyl (C=O) groups excluding carboxylic acids is 1. The van der Waals surface area contributed by atoms with Crippen LogP contribution in [0.15, 0.2) is 12.1 Å². The molecule has 1 aromatic carbocycles. The highest BCUT2D eigenvalue weighted by Crippen LogP contribution is 2.42. The first-order chi connectivity index (χ1) is 11.5. The molecule has 0 N–H and O–H groups in total. The summed E-state index contributed by atoms with van der Waals surface area (Å²) in [5, 5.41) is 0. The van der Waals surface area contributed by atoms with Crippen LogP contribution in [0.2, 0.25) is 0 Å². The lowest BCUT2D eigenvalue weighted by Gasteiger charge is -2.37. The number of carbonyl (C=O) groups is 1. The Morgan fingerprint density at radius 2 is 1.42 bits per heavy atom. The molecular formula is C21H28F2O. The third-order valence-corrected chi connectivity index (χ3v) is 6.41. The van der Waals surface area contributed by atoms with Gasteiger partial charge in [0.2, 0.25) is 0 Å². The lowest BCUT2D eigenvalue weighted by atomic mass is 9.68. The van der Waals surface area contributed by atoms with E-state index in [1.807, 2.05) is 0 Å². The lowest BCUT2D eigenvalue weighted by Crippen LogP contribution is -2.28. The van der Waals surface area contributed by atoms with Gasteiger partial charge in [-0.2, -0.15) is 0 Å². The normalized spacial score (nSPS) is 31.0. The van der Waals surface area contributed by atoms with E-state index in [1.54, 1.807) is 0 Å². The zero-order chi connectivity index (χ0) is 17.3. The van der Waals surface area contributed by atoms with Gasteiger partial charge >= 0.3 is 0 Å². The van der Waals surface area contributed by atoms with Crippen LogP contribution in [0.1, 0.15) is 74.2 Å². The zero-order valence-corrected chi connectivity index (χ0v) is 14.8. The average Bonchev–Trinajstić information content (AvgIpc) is 2.60. The van der Waals surface area contributed by atoms with Crippen molar-refractivity contribution in [2.24, 2.45) is 23.7 Å². The summed E-state index contributed by atoms with van der Waals surface area (Å²) in [5.41, 5.74) is 0.187. The molecule has 3 heteroatoms. The largest absolute Gasteiger partial charge is 0.294 e. The van der Waals surface area contributed by atoms with Crippen molar-refractivity contribution in [3.05, 3.63) is 34.9 Å². The highest BCUT2D eigenvalue weighted by Gasteiger charge is 2.33. The van der Waals surface area contributed by atoms with E-state index < -0.39 is 11.6 Å². The van der Waals surface area contributed by atoms with Crippen LogP contribution in [0.3, 0.4) is 0 Å². The Hall–Kier alpha value is -1.25. The van der Waals surface area contributed by atoms with Crippen molar-refractivity contribution in [1.82, 2.24) is 0 Å². The van der Waals surface area contributed by atoms with E-state index in [0.717, 1.165) is 43.4 Å².